The highest BCUT2D eigenvalue weighted by Gasteiger charge is 2.20. The van der Waals surface area contributed by atoms with Crippen molar-refractivity contribution in [1.82, 2.24) is 10.0 Å². The molecule has 0 atom stereocenters. The van der Waals surface area contributed by atoms with Gasteiger partial charge in [0.15, 0.2) is 0 Å². The van der Waals surface area contributed by atoms with E-state index in [-0.39, 0.29) is 5.09 Å². The minimum Gasteiger partial charge on any atom is -0.447 e. The van der Waals surface area contributed by atoms with Crippen LogP contribution in [0.3, 0.4) is 0 Å². The molecular weight excluding hydrogens is 280 g/mol. The SMILES string of the molecule is CNS(=O)(=O)c1ccc(CNCCCOCC2CC2)o1. The lowest BCUT2D eigenvalue weighted by atomic mass is 10.4. The van der Waals surface area contributed by atoms with E-state index in [0.717, 1.165) is 32.1 Å². The average molecular weight is 302 g/mol. The zero-order valence-corrected chi connectivity index (χ0v) is 12.5. The molecule has 0 spiro atoms. The van der Waals surface area contributed by atoms with Gasteiger partial charge in [-0.05, 0) is 50.9 Å². The number of nitrogens with one attached hydrogen (secondary N) is 2. The van der Waals surface area contributed by atoms with Gasteiger partial charge in [0.05, 0.1) is 6.54 Å². The largest absolute Gasteiger partial charge is 0.447 e. The summed E-state index contributed by atoms with van der Waals surface area (Å²) in [5.41, 5.74) is 0. The molecule has 0 unspecified atom stereocenters. The van der Waals surface area contributed by atoms with Crippen LogP contribution in [0, 0.1) is 5.92 Å². The molecule has 1 aromatic heterocycles. The second kappa shape index (κ2) is 7.21. The second-order valence-corrected chi connectivity index (χ2v) is 6.79. The maximum atomic E-state index is 11.5. The molecule has 2 rings (SSSR count). The first kappa shape index (κ1) is 15.5. The second-order valence-electron chi connectivity index (χ2n) is 4.98. The fourth-order valence-corrected chi connectivity index (χ4v) is 2.41. The summed E-state index contributed by atoms with van der Waals surface area (Å²) < 4.78 is 36.0. The Kier molecular flexibility index (Phi) is 5.59. The summed E-state index contributed by atoms with van der Waals surface area (Å²) >= 11 is 0. The molecule has 1 saturated carbocycles. The molecule has 114 valence electrons. The van der Waals surface area contributed by atoms with Gasteiger partial charge >= 0.3 is 0 Å². The molecule has 2 N–H and O–H groups in total. The van der Waals surface area contributed by atoms with E-state index in [2.05, 4.69) is 10.0 Å². The molecule has 0 saturated heterocycles. The van der Waals surface area contributed by atoms with Gasteiger partial charge < -0.3 is 14.5 Å². The van der Waals surface area contributed by atoms with E-state index in [0.29, 0.717) is 12.3 Å². The minimum absolute atomic E-state index is 0.0513. The third-order valence-electron chi connectivity index (χ3n) is 3.16. The van der Waals surface area contributed by atoms with Crippen LogP contribution in [0.15, 0.2) is 21.6 Å². The Bertz CT molecular complexity index is 508. The Morgan fingerprint density at radius 1 is 1.40 bits per heavy atom. The highest BCUT2D eigenvalue weighted by molar-refractivity contribution is 7.89. The van der Waals surface area contributed by atoms with E-state index < -0.39 is 10.0 Å². The molecule has 1 aliphatic carbocycles. The van der Waals surface area contributed by atoms with Gasteiger partial charge in [0.2, 0.25) is 5.09 Å². The first-order valence-electron chi connectivity index (χ1n) is 6.92. The van der Waals surface area contributed by atoms with E-state index in [9.17, 15) is 8.42 Å². The molecule has 0 bridgehead atoms. The van der Waals surface area contributed by atoms with Crippen LogP contribution >= 0.6 is 0 Å². The van der Waals surface area contributed by atoms with E-state index >= 15 is 0 Å². The Morgan fingerprint density at radius 3 is 2.90 bits per heavy atom. The van der Waals surface area contributed by atoms with Gasteiger partial charge in [-0.25, -0.2) is 13.1 Å². The summed E-state index contributed by atoms with van der Waals surface area (Å²) in [6.45, 7) is 2.99. The molecule has 0 radical (unpaired) electrons. The zero-order valence-electron chi connectivity index (χ0n) is 11.7. The van der Waals surface area contributed by atoms with Crippen molar-refractivity contribution in [3.05, 3.63) is 17.9 Å². The van der Waals surface area contributed by atoms with Crippen LogP contribution in [0.1, 0.15) is 25.0 Å². The van der Waals surface area contributed by atoms with E-state index in [4.69, 9.17) is 9.15 Å². The molecule has 6 nitrogen and oxygen atoms in total. The first-order chi connectivity index (χ1) is 9.62. The summed E-state index contributed by atoms with van der Waals surface area (Å²) in [7, 11) is -2.13. The normalized spacial score (nSPS) is 15.7. The monoisotopic (exact) mass is 302 g/mol. The van der Waals surface area contributed by atoms with Crippen LogP contribution in [-0.4, -0.2) is 35.2 Å². The lowest BCUT2D eigenvalue weighted by Crippen LogP contribution is -2.18. The van der Waals surface area contributed by atoms with Crippen molar-refractivity contribution in [1.29, 1.82) is 0 Å². The predicted octanol–water partition coefficient (Wildman–Crippen LogP) is 1.09. The Balaban J connectivity index is 1.59. The lowest BCUT2D eigenvalue weighted by molar-refractivity contribution is 0.122. The van der Waals surface area contributed by atoms with E-state index in [1.807, 2.05) is 0 Å². The molecule has 0 aliphatic heterocycles. The number of ether oxygens (including phenoxy) is 1. The summed E-state index contributed by atoms with van der Waals surface area (Å²) in [5, 5.41) is 3.15. The van der Waals surface area contributed by atoms with Crippen molar-refractivity contribution >= 4 is 10.0 Å². The standard InChI is InChI=1S/C13H22N2O4S/c1-14-20(16,17)13-6-5-12(19-13)9-15-7-2-8-18-10-11-3-4-11/h5-6,11,14-15H,2-4,7-10H2,1H3. The third kappa shape index (κ3) is 4.90. The Morgan fingerprint density at radius 2 is 2.20 bits per heavy atom. The van der Waals surface area contributed by atoms with Crippen LogP contribution in [0.5, 0.6) is 0 Å². The van der Waals surface area contributed by atoms with Crippen molar-refractivity contribution < 1.29 is 17.6 Å². The van der Waals surface area contributed by atoms with Gasteiger partial charge in [-0.15, -0.1) is 0 Å². The van der Waals surface area contributed by atoms with Crippen molar-refractivity contribution in [2.75, 3.05) is 26.8 Å². The number of hydrogen-bond donors (Lipinski definition) is 2. The van der Waals surface area contributed by atoms with Gasteiger partial charge in [-0.2, -0.15) is 0 Å². The van der Waals surface area contributed by atoms with Crippen LogP contribution in [0.25, 0.3) is 0 Å². The van der Waals surface area contributed by atoms with Crippen molar-refractivity contribution in [3.63, 3.8) is 0 Å². The molecule has 1 fully saturated rings. The smallest absolute Gasteiger partial charge is 0.273 e. The van der Waals surface area contributed by atoms with Crippen molar-refractivity contribution in [2.24, 2.45) is 5.92 Å². The highest BCUT2D eigenvalue weighted by Crippen LogP contribution is 2.28. The number of sulfonamides is 1. The summed E-state index contributed by atoms with van der Waals surface area (Å²) in [6.07, 6.45) is 3.57. The Labute approximate surface area is 119 Å². The number of rotatable bonds is 10. The van der Waals surface area contributed by atoms with Gasteiger partial charge in [0, 0.05) is 13.2 Å². The highest BCUT2D eigenvalue weighted by atomic mass is 32.2. The maximum Gasteiger partial charge on any atom is 0.273 e. The van der Waals surface area contributed by atoms with Gasteiger partial charge in [0.1, 0.15) is 5.76 Å². The first-order valence-corrected chi connectivity index (χ1v) is 8.41. The van der Waals surface area contributed by atoms with Crippen molar-refractivity contribution in [3.8, 4) is 0 Å². The summed E-state index contributed by atoms with van der Waals surface area (Å²) in [4.78, 5) is 0. The average Bonchev–Trinajstić information content (AvgIpc) is 3.13. The molecule has 0 aromatic carbocycles. The fraction of sp³-hybridized carbons (Fsp3) is 0.692. The van der Waals surface area contributed by atoms with Crippen LogP contribution in [-0.2, 0) is 21.3 Å². The van der Waals surface area contributed by atoms with Gasteiger partial charge in [-0.1, -0.05) is 0 Å². The Hall–Kier alpha value is -0.890. The van der Waals surface area contributed by atoms with E-state index in [1.54, 1.807) is 6.07 Å². The van der Waals surface area contributed by atoms with Gasteiger partial charge in [0.25, 0.3) is 10.0 Å². The quantitative estimate of drug-likeness (QED) is 0.633. The molecular formula is C13H22N2O4S. The third-order valence-corrected chi connectivity index (χ3v) is 4.45. The zero-order chi connectivity index (χ0) is 14.4. The molecule has 20 heavy (non-hydrogen) atoms. The molecule has 7 heteroatoms. The molecule has 1 heterocycles. The fourth-order valence-electron chi connectivity index (χ4n) is 1.74. The number of furan rings is 1. The van der Waals surface area contributed by atoms with Crippen LogP contribution < -0.4 is 10.0 Å². The van der Waals surface area contributed by atoms with Crippen LogP contribution in [0.2, 0.25) is 0 Å². The van der Waals surface area contributed by atoms with Gasteiger partial charge in [-0.3, -0.25) is 0 Å². The van der Waals surface area contributed by atoms with Crippen molar-refractivity contribution in [2.45, 2.75) is 30.9 Å². The lowest BCUT2D eigenvalue weighted by Gasteiger charge is -2.04. The number of hydrogen-bond acceptors (Lipinski definition) is 5. The summed E-state index contributed by atoms with van der Waals surface area (Å²) in [6, 6.07) is 3.13. The van der Waals surface area contributed by atoms with E-state index in [1.165, 1.54) is 26.0 Å². The summed E-state index contributed by atoms with van der Waals surface area (Å²) in [5.74, 6) is 1.41. The molecule has 1 aliphatic rings. The maximum absolute atomic E-state index is 11.5. The van der Waals surface area contributed by atoms with Crippen LogP contribution in [0.4, 0.5) is 0 Å². The molecule has 1 aromatic rings. The predicted molar refractivity (Wildman–Crippen MR) is 74.8 cm³/mol. The molecule has 0 amide bonds. The topological polar surface area (TPSA) is 80.6 Å². The minimum atomic E-state index is -3.49.